The molecule has 0 radical (unpaired) electrons. The van der Waals surface area contributed by atoms with Crippen LogP contribution in [0.5, 0.6) is 5.75 Å². The van der Waals surface area contributed by atoms with Crippen LogP contribution in [0.1, 0.15) is 0 Å². The summed E-state index contributed by atoms with van der Waals surface area (Å²) >= 11 is 0. The maximum Gasteiger partial charge on any atom is 0.707 e. The van der Waals surface area contributed by atoms with Gasteiger partial charge >= 0.3 is 7.32 Å². The van der Waals surface area contributed by atoms with Crippen molar-refractivity contribution >= 4 is 39.6 Å². The Hall–Kier alpha value is -4.39. The minimum Gasteiger partial charge on any atom is -0.511 e. The SMILES string of the molecule is CO[n+]1ccc(-c2ccccc2)cc1.OB(O)Oc1cccc2ccc3cc4ccccc4cc3c12. The lowest BCUT2D eigenvalue weighted by Gasteiger charge is -2.12. The molecule has 36 heavy (non-hydrogen) atoms. The fourth-order valence-electron chi connectivity index (χ4n) is 4.34. The molecule has 0 spiro atoms. The Balaban J connectivity index is 0.000000165. The van der Waals surface area contributed by atoms with Crippen molar-refractivity contribution in [3.05, 3.63) is 122 Å². The molecule has 0 saturated carbocycles. The van der Waals surface area contributed by atoms with Gasteiger partial charge in [-0.2, -0.15) is 0 Å². The van der Waals surface area contributed by atoms with Crippen molar-refractivity contribution in [1.82, 2.24) is 0 Å². The molecule has 0 aliphatic heterocycles. The summed E-state index contributed by atoms with van der Waals surface area (Å²) in [6.45, 7) is 0. The zero-order chi connectivity index (χ0) is 24.9. The average molecular weight is 474 g/mol. The topological polar surface area (TPSA) is 62.8 Å². The Labute approximate surface area is 209 Å². The van der Waals surface area contributed by atoms with Crippen LogP contribution < -0.4 is 14.2 Å². The van der Waals surface area contributed by atoms with Crippen molar-refractivity contribution in [3.63, 3.8) is 0 Å². The molecule has 6 heteroatoms. The van der Waals surface area contributed by atoms with E-state index in [0.717, 1.165) is 26.9 Å². The van der Waals surface area contributed by atoms with Crippen molar-refractivity contribution in [2.45, 2.75) is 0 Å². The van der Waals surface area contributed by atoms with E-state index in [9.17, 15) is 0 Å². The van der Waals surface area contributed by atoms with Gasteiger partial charge in [-0.25, -0.2) is 0 Å². The standard InChI is InChI=1S/C18H13BO3.C12H12NO/c20-19(21)22-17-7-3-6-12-8-9-15-10-13-4-1-2-5-14(13)11-16(15)18(12)17;1-14-13-9-7-12(8-10-13)11-5-3-2-4-6-11/h1-11,20-21H;2-10H,1H3/q;+1. The molecule has 0 aliphatic carbocycles. The van der Waals surface area contributed by atoms with E-state index in [1.807, 2.05) is 73.1 Å². The van der Waals surface area contributed by atoms with E-state index in [-0.39, 0.29) is 0 Å². The van der Waals surface area contributed by atoms with Crippen molar-refractivity contribution in [1.29, 1.82) is 0 Å². The van der Waals surface area contributed by atoms with Gasteiger partial charge in [0.1, 0.15) is 12.9 Å². The fraction of sp³-hybridized carbons (Fsp3) is 0.0333. The molecular formula is C30H25BNO4+. The van der Waals surface area contributed by atoms with Gasteiger partial charge in [-0.15, -0.1) is 0 Å². The third kappa shape index (κ3) is 5.00. The number of aromatic nitrogens is 1. The van der Waals surface area contributed by atoms with Gasteiger partial charge in [0.2, 0.25) is 12.4 Å². The van der Waals surface area contributed by atoms with Crippen molar-refractivity contribution < 1.29 is 24.3 Å². The molecule has 5 aromatic carbocycles. The van der Waals surface area contributed by atoms with Crippen LogP contribution in [-0.4, -0.2) is 24.5 Å². The van der Waals surface area contributed by atoms with Gasteiger partial charge in [0.15, 0.2) is 0 Å². The van der Waals surface area contributed by atoms with E-state index in [2.05, 4.69) is 42.5 Å². The first-order valence-electron chi connectivity index (χ1n) is 11.6. The molecule has 6 aromatic rings. The average Bonchev–Trinajstić information content (AvgIpc) is 2.92. The van der Waals surface area contributed by atoms with Gasteiger partial charge in [0.05, 0.1) is 0 Å². The molecule has 2 N–H and O–H groups in total. The Morgan fingerprint density at radius 3 is 1.92 bits per heavy atom. The number of pyridine rings is 1. The highest BCUT2D eigenvalue weighted by Crippen LogP contribution is 2.35. The Morgan fingerprint density at radius 2 is 1.22 bits per heavy atom. The first kappa shape index (κ1) is 23.4. The molecule has 1 heterocycles. The third-order valence-electron chi connectivity index (χ3n) is 6.04. The highest BCUT2D eigenvalue weighted by molar-refractivity contribution is 6.34. The van der Waals surface area contributed by atoms with Gasteiger partial charge < -0.3 is 14.7 Å². The highest BCUT2D eigenvalue weighted by Gasteiger charge is 2.15. The molecule has 1 aromatic heterocycles. The summed E-state index contributed by atoms with van der Waals surface area (Å²) in [5.74, 6) is 0.466. The van der Waals surface area contributed by atoms with E-state index in [1.165, 1.54) is 16.5 Å². The molecular weight excluding hydrogens is 449 g/mol. The number of hydrogen-bond acceptors (Lipinski definition) is 4. The van der Waals surface area contributed by atoms with Crippen LogP contribution in [0.4, 0.5) is 0 Å². The summed E-state index contributed by atoms with van der Waals surface area (Å²) in [7, 11) is -0.191. The molecule has 0 fully saturated rings. The number of benzene rings is 5. The largest absolute Gasteiger partial charge is 0.707 e. The van der Waals surface area contributed by atoms with Crippen LogP contribution in [0.2, 0.25) is 0 Å². The Bertz CT molecular complexity index is 1620. The number of fused-ring (bicyclic) bond motifs is 4. The molecule has 0 saturated heterocycles. The van der Waals surface area contributed by atoms with Crippen molar-refractivity contribution in [3.8, 4) is 16.9 Å². The van der Waals surface area contributed by atoms with Gasteiger partial charge in [-0.05, 0) is 56.3 Å². The van der Waals surface area contributed by atoms with Crippen LogP contribution in [0.25, 0.3) is 43.4 Å². The zero-order valence-corrected chi connectivity index (χ0v) is 19.8. The molecule has 6 rings (SSSR count). The van der Waals surface area contributed by atoms with Gasteiger partial charge in [0.25, 0.3) is 0 Å². The van der Waals surface area contributed by atoms with E-state index < -0.39 is 7.32 Å². The second kappa shape index (κ2) is 10.5. The van der Waals surface area contributed by atoms with E-state index in [1.54, 1.807) is 17.9 Å². The molecule has 0 amide bonds. The minimum atomic E-state index is -1.83. The Kier molecular flexibility index (Phi) is 6.80. The molecule has 5 nitrogen and oxygen atoms in total. The summed E-state index contributed by atoms with van der Waals surface area (Å²) in [6, 6.07) is 36.4. The maximum atomic E-state index is 9.14. The predicted molar refractivity (Wildman–Crippen MR) is 144 cm³/mol. The van der Waals surface area contributed by atoms with Crippen LogP contribution >= 0.6 is 0 Å². The first-order chi connectivity index (χ1) is 17.6. The fourth-order valence-corrected chi connectivity index (χ4v) is 4.34. The second-order valence-electron chi connectivity index (χ2n) is 8.28. The van der Waals surface area contributed by atoms with Crippen LogP contribution in [0, 0.1) is 0 Å². The summed E-state index contributed by atoms with van der Waals surface area (Å²) < 4.78 is 6.82. The monoisotopic (exact) mass is 474 g/mol. The number of hydrogen-bond donors (Lipinski definition) is 2. The second-order valence-corrected chi connectivity index (χ2v) is 8.28. The summed E-state index contributed by atoms with van der Waals surface area (Å²) in [5, 5.41) is 24.6. The van der Waals surface area contributed by atoms with Crippen LogP contribution in [0.3, 0.4) is 0 Å². The minimum absolute atomic E-state index is 0.466. The van der Waals surface area contributed by atoms with Gasteiger partial charge in [-0.3, -0.25) is 4.84 Å². The predicted octanol–water partition coefficient (Wildman–Crippen LogP) is 5.19. The first-order valence-corrected chi connectivity index (χ1v) is 11.6. The summed E-state index contributed by atoms with van der Waals surface area (Å²) in [4.78, 5) is 5.02. The lowest BCUT2D eigenvalue weighted by atomic mass is 9.97. The maximum absolute atomic E-state index is 9.14. The number of nitrogens with zero attached hydrogens (tertiary/aromatic N) is 1. The summed E-state index contributed by atoms with van der Waals surface area (Å²) in [6.07, 6.45) is 3.78. The lowest BCUT2D eigenvalue weighted by molar-refractivity contribution is -0.885. The van der Waals surface area contributed by atoms with Gasteiger partial charge in [-0.1, -0.05) is 78.9 Å². The van der Waals surface area contributed by atoms with Crippen molar-refractivity contribution in [2.75, 3.05) is 7.11 Å². The van der Waals surface area contributed by atoms with E-state index >= 15 is 0 Å². The van der Waals surface area contributed by atoms with Crippen LogP contribution in [-0.2, 0) is 0 Å². The highest BCUT2D eigenvalue weighted by atomic mass is 16.6. The smallest absolute Gasteiger partial charge is 0.511 e. The normalized spacial score (nSPS) is 10.6. The molecule has 0 atom stereocenters. The molecule has 176 valence electrons. The van der Waals surface area contributed by atoms with E-state index in [0.29, 0.717) is 5.75 Å². The van der Waals surface area contributed by atoms with Crippen LogP contribution in [0.15, 0.2) is 122 Å². The van der Waals surface area contributed by atoms with Gasteiger partial charge in [0, 0.05) is 22.2 Å². The molecule has 0 aliphatic rings. The molecule has 0 bridgehead atoms. The quantitative estimate of drug-likeness (QED) is 0.160. The molecule has 0 unspecified atom stereocenters. The Morgan fingerprint density at radius 1 is 0.611 bits per heavy atom. The number of rotatable bonds is 4. The lowest BCUT2D eigenvalue weighted by Crippen LogP contribution is -2.39. The summed E-state index contributed by atoms with van der Waals surface area (Å²) in [5.41, 5.74) is 2.41. The van der Waals surface area contributed by atoms with Crippen molar-refractivity contribution in [2.24, 2.45) is 0 Å². The third-order valence-corrected chi connectivity index (χ3v) is 6.04. The zero-order valence-electron chi connectivity index (χ0n) is 19.8. The van der Waals surface area contributed by atoms with E-state index in [4.69, 9.17) is 19.5 Å².